The van der Waals surface area contributed by atoms with E-state index in [4.69, 9.17) is 0 Å². The zero-order chi connectivity index (χ0) is 13.6. The molecule has 0 bridgehead atoms. The highest BCUT2D eigenvalue weighted by atomic mass is 16.3. The standard InChI is InChI=1S/C16H15N3O/c20-16(9-17-10-16)14-3-1-11(2-4-14)13-7-12-5-6-18-15(12)19-8-13/h1-8,17,20H,9-10H2,(H,18,19). The summed E-state index contributed by atoms with van der Waals surface area (Å²) in [5.74, 6) is 0. The molecule has 4 rings (SSSR count). The van der Waals surface area contributed by atoms with Crippen molar-refractivity contribution in [1.29, 1.82) is 0 Å². The first-order valence-electron chi connectivity index (χ1n) is 6.72. The number of pyridine rings is 1. The van der Waals surface area contributed by atoms with Gasteiger partial charge in [0.15, 0.2) is 0 Å². The Morgan fingerprint density at radius 1 is 1.05 bits per heavy atom. The number of fused-ring (bicyclic) bond motifs is 1. The second-order valence-electron chi connectivity index (χ2n) is 5.35. The smallest absolute Gasteiger partial charge is 0.137 e. The minimum atomic E-state index is -0.693. The van der Waals surface area contributed by atoms with Crippen molar-refractivity contribution in [3.8, 4) is 11.1 Å². The van der Waals surface area contributed by atoms with Gasteiger partial charge in [0.1, 0.15) is 11.2 Å². The van der Waals surface area contributed by atoms with Crippen molar-refractivity contribution in [2.24, 2.45) is 0 Å². The molecule has 1 aliphatic heterocycles. The summed E-state index contributed by atoms with van der Waals surface area (Å²) in [6.45, 7) is 1.26. The predicted octanol–water partition coefficient (Wildman–Crippen LogP) is 2.02. The molecule has 0 spiro atoms. The van der Waals surface area contributed by atoms with Crippen LogP contribution in [0.5, 0.6) is 0 Å². The molecule has 0 atom stereocenters. The lowest BCUT2D eigenvalue weighted by Crippen LogP contribution is -2.56. The Hall–Kier alpha value is -2.17. The van der Waals surface area contributed by atoms with Gasteiger partial charge >= 0.3 is 0 Å². The number of aromatic amines is 1. The van der Waals surface area contributed by atoms with Crippen LogP contribution in [-0.4, -0.2) is 28.2 Å². The summed E-state index contributed by atoms with van der Waals surface area (Å²) in [5.41, 5.74) is 3.37. The maximum Gasteiger partial charge on any atom is 0.137 e. The lowest BCUT2D eigenvalue weighted by atomic mass is 9.87. The molecule has 1 aliphatic rings. The number of hydrogen-bond donors (Lipinski definition) is 3. The van der Waals surface area contributed by atoms with Crippen LogP contribution in [0.2, 0.25) is 0 Å². The van der Waals surface area contributed by atoms with Crippen molar-refractivity contribution in [1.82, 2.24) is 15.3 Å². The largest absolute Gasteiger partial charge is 0.382 e. The zero-order valence-electron chi connectivity index (χ0n) is 10.9. The van der Waals surface area contributed by atoms with Crippen molar-refractivity contribution in [2.45, 2.75) is 5.60 Å². The van der Waals surface area contributed by atoms with Crippen molar-refractivity contribution in [3.05, 3.63) is 54.4 Å². The van der Waals surface area contributed by atoms with E-state index in [0.717, 1.165) is 27.7 Å². The zero-order valence-corrected chi connectivity index (χ0v) is 10.9. The fourth-order valence-corrected chi connectivity index (χ4v) is 2.64. The van der Waals surface area contributed by atoms with E-state index in [9.17, 15) is 5.11 Å². The number of nitrogens with zero attached hydrogens (tertiary/aromatic N) is 1. The van der Waals surface area contributed by atoms with Crippen LogP contribution in [-0.2, 0) is 5.60 Å². The fourth-order valence-electron chi connectivity index (χ4n) is 2.64. The fraction of sp³-hybridized carbons (Fsp3) is 0.188. The summed E-state index contributed by atoms with van der Waals surface area (Å²) in [5, 5.41) is 14.5. The van der Waals surface area contributed by atoms with Gasteiger partial charge in [-0.3, -0.25) is 0 Å². The number of rotatable bonds is 2. The second kappa shape index (κ2) is 4.16. The first-order valence-corrected chi connectivity index (χ1v) is 6.72. The molecular formula is C16H15N3O. The average molecular weight is 265 g/mol. The topological polar surface area (TPSA) is 60.9 Å². The summed E-state index contributed by atoms with van der Waals surface area (Å²) in [4.78, 5) is 7.49. The molecule has 3 heterocycles. The van der Waals surface area contributed by atoms with E-state index in [2.05, 4.69) is 21.4 Å². The Balaban J connectivity index is 1.71. The Morgan fingerprint density at radius 3 is 2.55 bits per heavy atom. The third kappa shape index (κ3) is 1.73. The van der Waals surface area contributed by atoms with Gasteiger partial charge in [-0.05, 0) is 23.3 Å². The summed E-state index contributed by atoms with van der Waals surface area (Å²) >= 11 is 0. The molecule has 0 aliphatic carbocycles. The van der Waals surface area contributed by atoms with Crippen LogP contribution >= 0.6 is 0 Å². The van der Waals surface area contributed by atoms with Crippen LogP contribution < -0.4 is 5.32 Å². The highest BCUT2D eigenvalue weighted by Gasteiger charge is 2.35. The first-order chi connectivity index (χ1) is 9.74. The van der Waals surface area contributed by atoms with Gasteiger partial charge in [0, 0.05) is 36.4 Å². The van der Waals surface area contributed by atoms with Crippen molar-refractivity contribution in [2.75, 3.05) is 13.1 Å². The number of H-pyrrole nitrogens is 1. The quantitative estimate of drug-likeness (QED) is 0.664. The van der Waals surface area contributed by atoms with E-state index in [1.54, 1.807) is 0 Å². The van der Waals surface area contributed by atoms with E-state index in [1.807, 2.05) is 42.7 Å². The van der Waals surface area contributed by atoms with Gasteiger partial charge in [-0.25, -0.2) is 4.98 Å². The van der Waals surface area contributed by atoms with E-state index in [1.165, 1.54) is 0 Å². The summed E-state index contributed by atoms with van der Waals surface area (Å²) in [6, 6.07) is 12.2. The number of aliphatic hydroxyl groups is 1. The van der Waals surface area contributed by atoms with Crippen molar-refractivity contribution < 1.29 is 5.11 Å². The van der Waals surface area contributed by atoms with Gasteiger partial charge < -0.3 is 15.4 Å². The Morgan fingerprint density at radius 2 is 1.85 bits per heavy atom. The molecule has 4 nitrogen and oxygen atoms in total. The number of β-amino-alcohol motifs (C(OH)–C–C–N with tert-alkyl or cyclic N) is 1. The molecule has 2 aromatic heterocycles. The summed E-state index contributed by atoms with van der Waals surface area (Å²) in [7, 11) is 0. The molecule has 3 aromatic rings. The average Bonchev–Trinajstić information content (AvgIpc) is 2.92. The lowest BCUT2D eigenvalue weighted by molar-refractivity contribution is -0.0146. The number of aromatic nitrogens is 2. The Kier molecular flexibility index (Phi) is 2.42. The molecule has 20 heavy (non-hydrogen) atoms. The lowest BCUT2D eigenvalue weighted by Gasteiger charge is -2.38. The van der Waals surface area contributed by atoms with Gasteiger partial charge in [-0.15, -0.1) is 0 Å². The molecule has 4 heteroatoms. The number of nitrogens with one attached hydrogen (secondary N) is 2. The molecule has 0 radical (unpaired) electrons. The highest BCUT2D eigenvalue weighted by molar-refractivity contribution is 5.81. The second-order valence-corrected chi connectivity index (χ2v) is 5.35. The molecule has 1 aromatic carbocycles. The molecule has 1 saturated heterocycles. The molecule has 100 valence electrons. The summed E-state index contributed by atoms with van der Waals surface area (Å²) < 4.78 is 0. The van der Waals surface area contributed by atoms with Crippen LogP contribution in [0.3, 0.4) is 0 Å². The third-order valence-corrected chi connectivity index (χ3v) is 3.99. The Labute approximate surface area is 116 Å². The molecule has 1 fully saturated rings. The molecule has 0 saturated carbocycles. The van der Waals surface area contributed by atoms with Crippen molar-refractivity contribution >= 4 is 11.0 Å². The van der Waals surface area contributed by atoms with E-state index in [0.29, 0.717) is 13.1 Å². The van der Waals surface area contributed by atoms with Crippen LogP contribution in [0, 0.1) is 0 Å². The van der Waals surface area contributed by atoms with E-state index >= 15 is 0 Å². The molecule has 0 amide bonds. The van der Waals surface area contributed by atoms with Crippen LogP contribution in [0.1, 0.15) is 5.56 Å². The Bertz CT molecular complexity index is 757. The molecular weight excluding hydrogens is 250 g/mol. The maximum absolute atomic E-state index is 10.3. The molecule has 0 unspecified atom stereocenters. The normalized spacial score (nSPS) is 17.1. The van der Waals surface area contributed by atoms with E-state index in [-0.39, 0.29) is 0 Å². The summed E-state index contributed by atoms with van der Waals surface area (Å²) in [6.07, 6.45) is 3.76. The van der Waals surface area contributed by atoms with Crippen LogP contribution in [0.25, 0.3) is 22.2 Å². The molecule has 3 N–H and O–H groups in total. The minimum Gasteiger partial charge on any atom is -0.382 e. The first kappa shape index (κ1) is 11.6. The number of benzene rings is 1. The minimum absolute atomic E-state index is 0.628. The van der Waals surface area contributed by atoms with Crippen molar-refractivity contribution in [3.63, 3.8) is 0 Å². The van der Waals surface area contributed by atoms with Crippen LogP contribution in [0.4, 0.5) is 0 Å². The van der Waals surface area contributed by atoms with Gasteiger partial charge in [-0.2, -0.15) is 0 Å². The van der Waals surface area contributed by atoms with Gasteiger partial charge in [-0.1, -0.05) is 24.3 Å². The maximum atomic E-state index is 10.3. The third-order valence-electron chi connectivity index (χ3n) is 3.99. The van der Waals surface area contributed by atoms with E-state index < -0.39 is 5.60 Å². The predicted molar refractivity (Wildman–Crippen MR) is 78.3 cm³/mol. The van der Waals surface area contributed by atoms with Gasteiger partial charge in [0.25, 0.3) is 0 Å². The number of hydrogen-bond acceptors (Lipinski definition) is 3. The SMILES string of the molecule is OC1(c2ccc(-c3cnc4[nH]ccc4c3)cc2)CNC1. The highest BCUT2D eigenvalue weighted by Crippen LogP contribution is 2.28. The monoisotopic (exact) mass is 265 g/mol. The van der Waals surface area contributed by atoms with Gasteiger partial charge in [0.2, 0.25) is 0 Å². The van der Waals surface area contributed by atoms with Crippen LogP contribution in [0.15, 0.2) is 48.8 Å². The van der Waals surface area contributed by atoms with Gasteiger partial charge in [0.05, 0.1) is 0 Å².